The molecule has 2 atom stereocenters. The third-order valence-electron chi connectivity index (χ3n) is 5.43. The van der Waals surface area contributed by atoms with Crippen LogP contribution >= 0.6 is 0 Å². The summed E-state index contributed by atoms with van der Waals surface area (Å²) in [4.78, 5) is 12.8. The Bertz CT molecular complexity index is 1070. The molecule has 0 radical (unpaired) electrons. The summed E-state index contributed by atoms with van der Waals surface area (Å²) >= 11 is 0. The Morgan fingerprint density at radius 3 is 2.43 bits per heavy atom. The van der Waals surface area contributed by atoms with Crippen molar-refractivity contribution in [3.8, 4) is 0 Å². The highest BCUT2D eigenvalue weighted by Crippen LogP contribution is 2.42. The molecule has 3 rings (SSSR count). The van der Waals surface area contributed by atoms with Crippen molar-refractivity contribution < 1.29 is 17.9 Å². The molecule has 0 saturated carbocycles. The second kappa shape index (κ2) is 8.65. The Hall–Kier alpha value is -1.96. The van der Waals surface area contributed by atoms with Gasteiger partial charge < -0.3 is 4.74 Å². The van der Waals surface area contributed by atoms with E-state index in [0.717, 1.165) is 16.3 Å². The number of carbonyl (C=O) groups is 1. The zero-order chi connectivity index (χ0) is 22.1. The predicted octanol–water partition coefficient (Wildman–Crippen LogP) is 4.74. The summed E-state index contributed by atoms with van der Waals surface area (Å²) in [7, 11) is -5.13. The monoisotopic (exact) mass is 445 g/mol. The smallest absolute Gasteiger partial charge is 0.335 e. The van der Waals surface area contributed by atoms with E-state index >= 15 is 0 Å². The molecule has 1 aliphatic heterocycles. The van der Waals surface area contributed by atoms with Crippen molar-refractivity contribution in [1.82, 2.24) is 4.31 Å². The minimum atomic E-state index is -3.58. The number of fused-ring (bicyclic) bond motifs is 1. The van der Waals surface area contributed by atoms with Crippen LogP contribution in [-0.2, 0) is 19.6 Å². The lowest BCUT2D eigenvalue weighted by molar-refractivity contribution is -0.138. The molecule has 0 saturated heterocycles. The summed E-state index contributed by atoms with van der Waals surface area (Å²) in [6.07, 6.45) is 1.75. The molecule has 30 heavy (non-hydrogen) atoms. The van der Waals surface area contributed by atoms with Gasteiger partial charge in [-0.15, -0.1) is 0 Å². The Morgan fingerprint density at radius 2 is 1.77 bits per heavy atom. The molecule has 0 fully saturated rings. The van der Waals surface area contributed by atoms with Crippen LogP contribution in [-0.4, -0.2) is 45.2 Å². The van der Waals surface area contributed by atoms with Gasteiger partial charge >= 0.3 is 5.97 Å². The standard InChI is InChI=1S/C23H31NO4SSi/c1-6-28-23(25)21-16-17(2)24(29(26,27)14-15-30(3,4)5)22(21)20-13-9-11-18-10-7-8-12-19(18)20/h7-13,16-17,22H,6,14-15H2,1-5H3/t17-,22+/m0/s1. The first kappa shape index (κ1) is 22.7. The van der Waals surface area contributed by atoms with Crippen molar-refractivity contribution >= 4 is 34.8 Å². The number of hydrogen-bond donors (Lipinski definition) is 0. The van der Waals surface area contributed by atoms with Crippen LogP contribution in [0.2, 0.25) is 25.7 Å². The van der Waals surface area contributed by atoms with Crippen molar-refractivity contribution in [3.05, 3.63) is 59.7 Å². The minimum absolute atomic E-state index is 0.0955. The largest absolute Gasteiger partial charge is 0.463 e. The van der Waals surface area contributed by atoms with Crippen LogP contribution in [0.4, 0.5) is 0 Å². The Morgan fingerprint density at radius 1 is 1.10 bits per heavy atom. The number of sulfonamides is 1. The first-order valence-corrected chi connectivity index (χ1v) is 15.7. The van der Waals surface area contributed by atoms with Crippen molar-refractivity contribution in [2.45, 2.75) is 51.6 Å². The van der Waals surface area contributed by atoms with Crippen molar-refractivity contribution in [2.24, 2.45) is 0 Å². The number of carbonyl (C=O) groups excluding carboxylic acids is 1. The highest BCUT2D eigenvalue weighted by Gasteiger charge is 2.44. The fourth-order valence-electron chi connectivity index (χ4n) is 3.94. The number of esters is 1. The molecule has 0 spiro atoms. The van der Waals surface area contributed by atoms with E-state index in [1.54, 1.807) is 13.0 Å². The van der Waals surface area contributed by atoms with Gasteiger partial charge in [-0.1, -0.05) is 68.2 Å². The maximum absolute atomic E-state index is 13.5. The molecule has 0 aliphatic carbocycles. The maximum atomic E-state index is 13.5. The summed E-state index contributed by atoms with van der Waals surface area (Å²) in [5.41, 5.74) is 1.21. The molecule has 2 aromatic carbocycles. The van der Waals surface area contributed by atoms with E-state index in [-0.39, 0.29) is 12.4 Å². The van der Waals surface area contributed by atoms with E-state index in [2.05, 4.69) is 19.6 Å². The zero-order valence-corrected chi connectivity index (χ0v) is 20.2. The van der Waals surface area contributed by atoms with Crippen LogP contribution in [0.5, 0.6) is 0 Å². The van der Waals surface area contributed by atoms with Gasteiger partial charge in [-0.05, 0) is 36.2 Å². The third kappa shape index (κ3) is 4.68. The minimum Gasteiger partial charge on any atom is -0.463 e. The van der Waals surface area contributed by atoms with Crippen LogP contribution in [0.1, 0.15) is 25.5 Å². The molecule has 0 bridgehead atoms. The van der Waals surface area contributed by atoms with Crippen LogP contribution in [0.25, 0.3) is 10.8 Å². The average Bonchev–Trinajstić information content (AvgIpc) is 3.04. The molecule has 0 unspecified atom stereocenters. The number of ether oxygens (including phenoxy) is 1. The molecule has 162 valence electrons. The topological polar surface area (TPSA) is 63.7 Å². The van der Waals surface area contributed by atoms with Crippen LogP contribution in [0.15, 0.2) is 54.1 Å². The van der Waals surface area contributed by atoms with Gasteiger partial charge in [-0.2, -0.15) is 4.31 Å². The van der Waals surface area contributed by atoms with Crippen molar-refractivity contribution in [1.29, 1.82) is 0 Å². The molecule has 5 nitrogen and oxygen atoms in total. The van der Waals surface area contributed by atoms with Gasteiger partial charge in [0.25, 0.3) is 0 Å². The van der Waals surface area contributed by atoms with Crippen LogP contribution in [0, 0.1) is 0 Å². The highest BCUT2D eigenvalue weighted by molar-refractivity contribution is 7.89. The van der Waals surface area contributed by atoms with E-state index in [4.69, 9.17) is 4.74 Å². The van der Waals surface area contributed by atoms with Crippen LogP contribution < -0.4 is 0 Å². The molecule has 2 aromatic rings. The number of rotatable bonds is 7. The second-order valence-corrected chi connectivity index (χ2v) is 16.6. The average molecular weight is 446 g/mol. The van der Waals surface area contributed by atoms with Crippen LogP contribution in [0.3, 0.4) is 0 Å². The normalized spacial score (nSPS) is 20.4. The van der Waals surface area contributed by atoms with Gasteiger partial charge in [0, 0.05) is 14.1 Å². The molecular weight excluding hydrogens is 414 g/mol. The summed E-state index contributed by atoms with van der Waals surface area (Å²) in [5.74, 6) is -0.358. The molecule has 1 heterocycles. The Kier molecular flexibility index (Phi) is 6.55. The fourth-order valence-corrected chi connectivity index (χ4v) is 8.75. The summed E-state index contributed by atoms with van der Waals surface area (Å²) in [5, 5.41) is 1.96. The van der Waals surface area contributed by atoms with E-state index < -0.39 is 36.2 Å². The molecule has 0 N–H and O–H groups in total. The number of benzene rings is 2. The summed E-state index contributed by atoms with van der Waals surface area (Å²) in [6, 6.07) is 13.3. The molecule has 0 amide bonds. The molecule has 7 heteroatoms. The van der Waals surface area contributed by atoms with Crippen molar-refractivity contribution in [3.63, 3.8) is 0 Å². The Balaban J connectivity index is 2.13. The first-order valence-electron chi connectivity index (χ1n) is 10.4. The summed E-state index contributed by atoms with van der Waals surface area (Å²) < 4.78 is 33.8. The second-order valence-electron chi connectivity index (χ2n) is 9.01. The zero-order valence-electron chi connectivity index (χ0n) is 18.4. The van der Waals surface area contributed by atoms with Gasteiger partial charge in [0.2, 0.25) is 10.0 Å². The molecular formula is C23H31NO4SSi. The lowest BCUT2D eigenvalue weighted by atomic mass is 9.95. The number of nitrogens with zero attached hydrogens (tertiary/aromatic N) is 1. The Labute approximate surface area is 180 Å². The number of hydrogen-bond acceptors (Lipinski definition) is 4. The van der Waals surface area contributed by atoms with E-state index in [9.17, 15) is 13.2 Å². The van der Waals surface area contributed by atoms with Gasteiger partial charge in [-0.25, -0.2) is 13.2 Å². The lowest BCUT2D eigenvalue weighted by Crippen LogP contribution is -2.40. The third-order valence-corrected chi connectivity index (χ3v) is 9.45. The molecule has 1 aliphatic rings. The fraction of sp³-hybridized carbons (Fsp3) is 0.435. The maximum Gasteiger partial charge on any atom is 0.335 e. The first-order chi connectivity index (χ1) is 14.0. The highest BCUT2D eigenvalue weighted by atomic mass is 32.2. The summed E-state index contributed by atoms with van der Waals surface area (Å²) in [6.45, 7) is 10.3. The van der Waals surface area contributed by atoms with Gasteiger partial charge in [-0.3, -0.25) is 0 Å². The van der Waals surface area contributed by atoms with Gasteiger partial charge in [0.05, 0.1) is 24.0 Å². The van der Waals surface area contributed by atoms with Gasteiger partial charge in [0.1, 0.15) is 0 Å². The van der Waals surface area contributed by atoms with Gasteiger partial charge in [0.15, 0.2) is 0 Å². The SMILES string of the molecule is CCOC(=O)C1=C[C@H](C)N(S(=O)(=O)CC[Si](C)(C)C)[C@@H]1c1cccc2ccccc12. The molecule has 0 aromatic heterocycles. The van der Waals surface area contributed by atoms with E-state index in [1.165, 1.54) is 4.31 Å². The quantitative estimate of drug-likeness (QED) is 0.456. The predicted molar refractivity (Wildman–Crippen MR) is 125 cm³/mol. The van der Waals surface area contributed by atoms with Crippen molar-refractivity contribution in [2.75, 3.05) is 12.4 Å². The van der Waals surface area contributed by atoms with E-state index in [0.29, 0.717) is 11.6 Å². The lowest BCUT2D eigenvalue weighted by Gasteiger charge is -2.31. The van der Waals surface area contributed by atoms with E-state index in [1.807, 2.05) is 49.4 Å².